The summed E-state index contributed by atoms with van der Waals surface area (Å²) in [4.78, 5) is 4.50. The number of rotatable bonds is 6. The largest absolute Gasteiger partial charge is 0.328 e. The minimum atomic E-state index is -3.47. The number of imidazole rings is 1. The molecule has 1 N–H and O–H groups in total. The lowest BCUT2D eigenvalue weighted by Crippen LogP contribution is -2.24. The highest BCUT2D eigenvalue weighted by Gasteiger charge is 2.16. The van der Waals surface area contributed by atoms with E-state index in [-0.39, 0.29) is 4.21 Å². The van der Waals surface area contributed by atoms with Crippen molar-refractivity contribution in [3.63, 3.8) is 0 Å². The van der Waals surface area contributed by atoms with Crippen molar-refractivity contribution >= 4 is 44.0 Å². The van der Waals surface area contributed by atoms with Crippen LogP contribution in [0.4, 0.5) is 0 Å². The van der Waals surface area contributed by atoms with Gasteiger partial charge in [0.2, 0.25) is 10.0 Å². The van der Waals surface area contributed by atoms with Crippen LogP contribution in [-0.4, -0.2) is 24.5 Å². The molecule has 0 saturated heterocycles. The Morgan fingerprint density at radius 2 is 2.04 bits per heavy atom. The van der Waals surface area contributed by atoms with Gasteiger partial charge in [-0.3, -0.25) is 0 Å². The molecule has 0 aliphatic carbocycles. The number of aromatic nitrogens is 2. The van der Waals surface area contributed by atoms with Crippen molar-refractivity contribution in [1.29, 1.82) is 0 Å². The van der Waals surface area contributed by atoms with Crippen molar-refractivity contribution < 1.29 is 8.42 Å². The number of nitrogens with zero attached hydrogens (tertiary/aromatic N) is 2. The maximum atomic E-state index is 12.1. The summed E-state index contributed by atoms with van der Waals surface area (Å²) in [5, 5.41) is 0. The van der Waals surface area contributed by atoms with Gasteiger partial charge in [-0.05, 0) is 37.6 Å². The van der Waals surface area contributed by atoms with Crippen LogP contribution in [0, 0.1) is 6.92 Å². The van der Waals surface area contributed by atoms with Crippen LogP contribution in [0.2, 0.25) is 4.34 Å². The molecule has 0 saturated carbocycles. The Kier molecular flexibility index (Phi) is 4.72. The molecule has 3 rings (SSSR count). The Morgan fingerprint density at radius 1 is 1.26 bits per heavy atom. The van der Waals surface area contributed by atoms with Gasteiger partial charge in [-0.25, -0.2) is 18.1 Å². The van der Waals surface area contributed by atoms with Crippen molar-refractivity contribution in [2.45, 2.75) is 24.1 Å². The summed E-state index contributed by atoms with van der Waals surface area (Å²) in [7, 11) is -3.47. The Morgan fingerprint density at radius 3 is 2.78 bits per heavy atom. The molecule has 0 amide bonds. The fourth-order valence-electron chi connectivity index (χ4n) is 2.44. The Bertz CT molecular complexity index is 931. The highest BCUT2D eigenvalue weighted by molar-refractivity contribution is 7.91. The summed E-state index contributed by atoms with van der Waals surface area (Å²) < 4.78 is 29.6. The zero-order valence-electron chi connectivity index (χ0n) is 12.5. The van der Waals surface area contributed by atoms with Gasteiger partial charge in [0, 0.05) is 13.1 Å². The van der Waals surface area contributed by atoms with E-state index in [1.807, 2.05) is 31.2 Å². The molecule has 2 aromatic heterocycles. The third-order valence-corrected chi connectivity index (χ3v) is 6.69. The molecule has 0 aliphatic heterocycles. The van der Waals surface area contributed by atoms with E-state index >= 15 is 0 Å². The monoisotopic (exact) mass is 369 g/mol. The molecular formula is C15H16ClN3O2S2. The predicted molar refractivity (Wildman–Crippen MR) is 93.6 cm³/mol. The third-order valence-electron chi connectivity index (χ3n) is 3.51. The van der Waals surface area contributed by atoms with Gasteiger partial charge in [0.05, 0.1) is 15.4 Å². The number of fused-ring (bicyclic) bond motifs is 1. The number of hydrogen-bond donors (Lipinski definition) is 1. The van der Waals surface area contributed by atoms with E-state index in [0.717, 1.165) is 28.2 Å². The van der Waals surface area contributed by atoms with Crippen molar-refractivity contribution in [2.24, 2.45) is 0 Å². The molecule has 0 bridgehead atoms. The number of nitrogens with one attached hydrogen (secondary N) is 1. The van der Waals surface area contributed by atoms with Gasteiger partial charge < -0.3 is 4.57 Å². The van der Waals surface area contributed by atoms with Crippen LogP contribution < -0.4 is 4.72 Å². The minimum absolute atomic E-state index is 0.242. The van der Waals surface area contributed by atoms with Crippen LogP contribution in [0.15, 0.2) is 40.6 Å². The highest BCUT2D eigenvalue weighted by atomic mass is 35.5. The Balaban J connectivity index is 1.62. The fraction of sp³-hybridized carbons (Fsp3) is 0.267. The number of thiophene rings is 1. The van der Waals surface area contributed by atoms with Gasteiger partial charge >= 0.3 is 0 Å². The molecule has 1 aromatic carbocycles. The molecule has 0 spiro atoms. The lowest BCUT2D eigenvalue weighted by Gasteiger charge is -2.08. The molecule has 3 aromatic rings. The van der Waals surface area contributed by atoms with Gasteiger partial charge in [0.15, 0.2) is 0 Å². The lowest BCUT2D eigenvalue weighted by atomic mass is 10.3. The normalized spacial score (nSPS) is 12.1. The van der Waals surface area contributed by atoms with Gasteiger partial charge in [-0.2, -0.15) is 0 Å². The molecule has 0 atom stereocenters. The Labute approximate surface area is 144 Å². The second-order valence-corrected chi connectivity index (χ2v) is 8.82. The van der Waals surface area contributed by atoms with E-state index in [0.29, 0.717) is 23.8 Å². The van der Waals surface area contributed by atoms with E-state index in [4.69, 9.17) is 11.6 Å². The molecule has 8 heteroatoms. The van der Waals surface area contributed by atoms with E-state index in [9.17, 15) is 8.42 Å². The predicted octanol–water partition coefficient (Wildman–Crippen LogP) is 3.43. The molecule has 0 unspecified atom stereocenters. The van der Waals surface area contributed by atoms with Crippen molar-refractivity contribution in [1.82, 2.24) is 14.3 Å². The summed E-state index contributed by atoms with van der Waals surface area (Å²) >= 11 is 6.84. The van der Waals surface area contributed by atoms with Crippen LogP contribution >= 0.6 is 22.9 Å². The van der Waals surface area contributed by atoms with Gasteiger partial charge in [-0.1, -0.05) is 23.7 Å². The number of aryl methyl sites for hydroxylation is 2. The maximum absolute atomic E-state index is 12.1. The lowest BCUT2D eigenvalue weighted by molar-refractivity contribution is 0.572. The fourth-order valence-corrected chi connectivity index (χ4v) is 5.04. The second-order valence-electron chi connectivity index (χ2n) is 5.11. The summed E-state index contributed by atoms with van der Waals surface area (Å²) in [5.41, 5.74) is 2.02. The minimum Gasteiger partial charge on any atom is -0.328 e. The van der Waals surface area contributed by atoms with E-state index in [1.54, 1.807) is 6.07 Å². The number of benzene rings is 1. The average molecular weight is 370 g/mol. The third kappa shape index (κ3) is 3.58. The summed E-state index contributed by atoms with van der Waals surface area (Å²) in [6.07, 6.45) is 0.680. The zero-order valence-corrected chi connectivity index (χ0v) is 14.9. The smallest absolute Gasteiger partial charge is 0.250 e. The number of sulfonamides is 1. The maximum Gasteiger partial charge on any atom is 0.250 e. The first-order valence-electron chi connectivity index (χ1n) is 7.14. The molecular weight excluding hydrogens is 354 g/mol. The molecule has 122 valence electrons. The van der Waals surface area contributed by atoms with Crippen LogP contribution in [0.3, 0.4) is 0 Å². The summed E-state index contributed by atoms with van der Waals surface area (Å²) in [6.45, 7) is 3.03. The molecule has 23 heavy (non-hydrogen) atoms. The second kappa shape index (κ2) is 6.60. The first-order chi connectivity index (χ1) is 11.0. The standard InChI is InChI=1S/C15H16ClN3O2S2/c1-11-18-12-5-2-3-6-13(12)19(11)10-4-9-17-23(20,21)15-8-7-14(16)22-15/h2-3,5-8,17H,4,9-10H2,1H3. The first-order valence-corrected chi connectivity index (χ1v) is 9.82. The van der Waals surface area contributed by atoms with Crippen molar-refractivity contribution in [2.75, 3.05) is 6.54 Å². The van der Waals surface area contributed by atoms with E-state index < -0.39 is 10.0 Å². The van der Waals surface area contributed by atoms with Crippen molar-refractivity contribution in [3.05, 3.63) is 46.6 Å². The van der Waals surface area contributed by atoms with E-state index in [2.05, 4.69) is 14.3 Å². The van der Waals surface area contributed by atoms with Gasteiger partial charge in [0.25, 0.3) is 0 Å². The number of hydrogen-bond acceptors (Lipinski definition) is 4. The zero-order chi connectivity index (χ0) is 16.4. The quantitative estimate of drug-likeness (QED) is 0.677. The van der Waals surface area contributed by atoms with E-state index in [1.165, 1.54) is 6.07 Å². The number of para-hydroxylation sites is 2. The van der Waals surface area contributed by atoms with Gasteiger partial charge in [0.1, 0.15) is 10.0 Å². The van der Waals surface area contributed by atoms with Gasteiger partial charge in [-0.15, -0.1) is 11.3 Å². The topological polar surface area (TPSA) is 64.0 Å². The van der Waals surface area contributed by atoms with Crippen LogP contribution in [0.5, 0.6) is 0 Å². The molecule has 0 radical (unpaired) electrons. The highest BCUT2D eigenvalue weighted by Crippen LogP contribution is 2.25. The molecule has 5 nitrogen and oxygen atoms in total. The summed E-state index contributed by atoms with van der Waals surface area (Å²) in [5.74, 6) is 0.930. The van der Waals surface area contributed by atoms with Crippen LogP contribution in [0.1, 0.15) is 12.2 Å². The molecule has 2 heterocycles. The molecule has 0 aliphatic rings. The first kappa shape index (κ1) is 16.4. The van der Waals surface area contributed by atoms with Crippen molar-refractivity contribution in [3.8, 4) is 0 Å². The Hall–Kier alpha value is -1.41. The SMILES string of the molecule is Cc1nc2ccccc2n1CCCNS(=O)(=O)c1ccc(Cl)s1. The number of halogens is 1. The van der Waals surface area contributed by atoms with Crippen LogP contribution in [-0.2, 0) is 16.6 Å². The summed E-state index contributed by atoms with van der Waals surface area (Å²) in [6, 6.07) is 11.0. The average Bonchev–Trinajstić information content (AvgIpc) is 3.08. The van der Waals surface area contributed by atoms with Crippen LogP contribution in [0.25, 0.3) is 11.0 Å². The molecule has 0 fully saturated rings.